The minimum atomic E-state index is -0.145. The normalized spacial score (nSPS) is 10.1. The quantitative estimate of drug-likeness (QED) is 0.575. The van der Waals surface area contributed by atoms with Crippen LogP contribution in [0, 0.1) is 12.3 Å². The van der Waals surface area contributed by atoms with Gasteiger partial charge in [-0.3, -0.25) is 4.79 Å². The van der Waals surface area contributed by atoms with Crippen molar-refractivity contribution < 1.29 is 0 Å². The van der Waals surface area contributed by atoms with Crippen molar-refractivity contribution in [3.05, 3.63) is 34.9 Å². The van der Waals surface area contributed by atoms with Gasteiger partial charge in [0.2, 0.25) is 0 Å². The Kier molecular flexibility index (Phi) is 1.64. The molecule has 4 heteroatoms. The van der Waals surface area contributed by atoms with Gasteiger partial charge in [-0.1, -0.05) is 5.92 Å². The van der Waals surface area contributed by atoms with Crippen LogP contribution in [0.2, 0.25) is 0 Å². The fourth-order valence-electron chi connectivity index (χ4n) is 1.22. The topological polar surface area (TPSA) is 39.3 Å². The molecule has 0 saturated heterocycles. The van der Waals surface area contributed by atoms with E-state index in [0.29, 0.717) is 12.2 Å². The van der Waals surface area contributed by atoms with Crippen molar-refractivity contribution in [3.8, 4) is 12.3 Å². The number of hydrogen-bond acceptors (Lipinski definition) is 2. The smallest absolute Gasteiger partial charge is 0.274 e. The first kappa shape index (κ1) is 7.62. The molecule has 0 radical (unpaired) electrons. The van der Waals surface area contributed by atoms with Crippen LogP contribution in [-0.4, -0.2) is 14.2 Å². The summed E-state index contributed by atoms with van der Waals surface area (Å²) in [5, 5.41) is 3.88. The maximum Gasteiger partial charge on any atom is 0.274 e. The lowest BCUT2D eigenvalue weighted by Crippen LogP contribution is -2.16. The van der Waals surface area contributed by atoms with Crippen LogP contribution in [0.15, 0.2) is 29.3 Å². The molecular formula is C9H7N3O. The van der Waals surface area contributed by atoms with Crippen molar-refractivity contribution in [2.75, 3.05) is 0 Å². The Labute approximate surface area is 74.4 Å². The van der Waals surface area contributed by atoms with Gasteiger partial charge in [0.15, 0.2) is 0 Å². The molecule has 0 unspecified atom stereocenters. The number of aromatic nitrogens is 3. The van der Waals surface area contributed by atoms with Crippen LogP contribution in [-0.2, 0) is 6.54 Å². The van der Waals surface area contributed by atoms with E-state index in [1.165, 1.54) is 10.6 Å². The monoisotopic (exact) mass is 173 g/mol. The van der Waals surface area contributed by atoms with Crippen LogP contribution in [0.4, 0.5) is 0 Å². The molecule has 2 rings (SSSR count). The predicted molar refractivity (Wildman–Crippen MR) is 48.3 cm³/mol. The molecule has 64 valence electrons. The standard InChI is InChI=1S/C9H7N3O/c1-2-6-11-7-4-9(13)12-8(11)3-5-10-12/h1,3-5,7H,6H2. The number of terminal acetylenes is 1. The minimum absolute atomic E-state index is 0.145. The second-order valence-corrected chi connectivity index (χ2v) is 2.59. The van der Waals surface area contributed by atoms with Crippen molar-refractivity contribution in [2.24, 2.45) is 0 Å². The highest BCUT2D eigenvalue weighted by molar-refractivity contribution is 5.37. The summed E-state index contributed by atoms with van der Waals surface area (Å²) < 4.78 is 3.10. The van der Waals surface area contributed by atoms with Gasteiger partial charge >= 0.3 is 0 Å². The molecule has 2 aromatic heterocycles. The van der Waals surface area contributed by atoms with E-state index in [4.69, 9.17) is 6.42 Å². The molecule has 0 saturated carbocycles. The molecular weight excluding hydrogens is 166 g/mol. The first-order chi connectivity index (χ1) is 6.33. The van der Waals surface area contributed by atoms with Crippen LogP contribution in [0.25, 0.3) is 5.65 Å². The SMILES string of the molecule is C#CCn1ccc(=O)n2nccc12. The Morgan fingerprint density at radius 2 is 2.38 bits per heavy atom. The molecule has 0 aromatic carbocycles. The van der Waals surface area contributed by atoms with Crippen molar-refractivity contribution in [2.45, 2.75) is 6.54 Å². The third-order valence-corrected chi connectivity index (χ3v) is 1.78. The molecule has 0 aliphatic heterocycles. The Morgan fingerprint density at radius 1 is 1.54 bits per heavy atom. The summed E-state index contributed by atoms with van der Waals surface area (Å²) >= 11 is 0. The lowest BCUT2D eigenvalue weighted by molar-refractivity contribution is 0.789. The average molecular weight is 173 g/mol. The van der Waals surface area contributed by atoms with E-state index < -0.39 is 0 Å². The summed E-state index contributed by atoms with van der Waals surface area (Å²) in [6.07, 6.45) is 8.42. The molecule has 4 nitrogen and oxygen atoms in total. The lowest BCUT2D eigenvalue weighted by Gasteiger charge is -2.02. The van der Waals surface area contributed by atoms with Crippen molar-refractivity contribution in [3.63, 3.8) is 0 Å². The van der Waals surface area contributed by atoms with E-state index in [9.17, 15) is 4.79 Å². The van der Waals surface area contributed by atoms with Crippen LogP contribution in [0.3, 0.4) is 0 Å². The van der Waals surface area contributed by atoms with Crippen LogP contribution in [0.1, 0.15) is 0 Å². The van der Waals surface area contributed by atoms with Gasteiger partial charge < -0.3 is 4.57 Å². The molecule has 0 aliphatic rings. The summed E-state index contributed by atoms with van der Waals surface area (Å²) in [6, 6.07) is 3.19. The largest absolute Gasteiger partial charge is 0.321 e. The van der Waals surface area contributed by atoms with Crippen LogP contribution >= 0.6 is 0 Å². The molecule has 2 aromatic rings. The van der Waals surface area contributed by atoms with Gasteiger partial charge in [0.1, 0.15) is 5.65 Å². The van der Waals surface area contributed by atoms with Gasteiger partial charge in [0.05, 0.1) is 12.7 Å². The van der Waals surface area contributed by atoms with Crippen LogP contribution < -0.4 is 5.56 Å². The third kappa shape index (κ3) is 1.11. The molecule has 2 heterocycles. The first-order valence-corrected chi connectivity index (χ1v) is 3.79. The number of nitrogens with zero attached hydrogens (tertiary/aromatic N) is 3. The molecule has 13 heavy (non-hydrogen) atoms. The molecule has 0 fully saturated rings. The van der Waals surface area contributed by atoms with Gasteiger partial charge in [-0.25, -0.2) is 0 Å². The summed E-state index contributed by atoms with van der Waals surface area (Å²) in [5.41, 5.74) is 0.568. The molecule has 0 spiro atoms. The molecule has 0 bridgehead atoms. The molecule has 0 amide bonds. The summed E-state index contributed by atoms with van der Waals surface area (Å²) in [6.45, 7) is 0.440. The predicted octanol–water partition coefficient (Wildman–Crippen LogP) is 0.129. The third-order valence-electron chi connectivity index (χ3n) is 1.78. The molecule has 0 aliphatic carbocycles. The number of rotatable bonds is 1. The van der Waals surface area contributed by atoms with Gasteiger partial charge in [0.25, 0.3) is 5.56 Å². The van der Waals surface area contributed by atoms with Crippen molar-refractivity contribution >= 4 is 5.65 Å². The summed E-state index contributed by atoms with van der Waals surface area (Å²) in [4.78, 5) is 11.2. The minimum Gasteiger partial charge on any atom is -0.321 e. The average Bonchev–Trinajstić information content (AvgIpc) is 2.59. The lowest BCUT2D eigenvalue weighted by atomic mass is 10.5. The van der Waals surface area contributed by atoms with Crippen molar-refractivity contribution in [1.29, 1.82) is 0 Å². The highest BCUT2D eigenvalue weighted by atomic mass is 16.1. The van der Waals surface area contributed by atoms with E-state index in [-0.39, 0.29) is 5.56 Å². The van der Waals surface area contributed by atoms with Crippen molar-refractivity contribution in [1.82, 2.24) is 14.2 Å². The second-order valence-electron chi connectivity index (χ2n) is 2.59. The Morgan fingerprint density at radius 3 is 3.15 bits per heavy atom. The Bertz CT molecular complexity index is 530. The highest BCUT2D eigenvalue weighted by Crippen LogP contribution is 1.97. The second kappa shape index (κ2) is 2.79. The van der Waals surface area contributed by atoms with E-state index in [0.717, 1.165) is 0 Å². The van der Waals surface area contributed by atoms with Gasteiger partial charge in [-0.15, -0.1) is 6.42 Å². The Balaban J connectivity index is 2.80. The maximum absolute atomic E-state index is 11.2. The molecule has 0 N–H and O–H groups in total. The first-order valence-electron chi connectivity index (χ1n) is 3.79. The Hall–Kier alpha value is -2.02. The van der Waals surface area contributed by atoms with E-state index >= 15 is 0 Å². The zero-order valence-corrected chi connectivity index (χ0v) is 6.84. The van der Waals surface area contributed by atoms with Gasteiger partial charge in [-0.2, -0.15) is 9.61 Å². The van der Waals surface area contributed by atoms with Gasteiger partial charge in [0, 0.05) is 18.3 Å². The van der Waals surface area contributed by atoms with E-state index in [1.54, 1.807) is 23.0 Å². The maximum atomic E-state index is 11.2. The summed E-state index contributed by atoms with van der Waals surface area (Å²) in [5.74, 6) is 2.51. The molecule has 0 atom stereocenters. The fraction of sp³-hybridized carbons (Fsp3) is 0.111. The number of fused-ring (bicyclic) bond motifs is 1. The number of hydrogen-bond donors (Lipinski definition) is 0. The van der Waals surface area contributed by atoms with E-state index in [1.807, 2.05) is 0 Å². The van der Waals surface area contributed by atoms with E-state index in [2.05, 4.69) is 11.0 Å². The van der Waals surface area contributed by atoms with Gasteiger partial charge in [-0.05, 0) is 0 Å². The highest BCUT2D eigenvalue weighted by Gasteiger charge is 1.99. The fourth-order valence-corrected chi connectivity index (χ4v) is 1.22. The summed E-state index contributed by atoms with van der Waals surface area (Å²) in [7, 11) is 0. The zero-order valence-electron chi connectivity index (χ0n) is 6.84. The van der Waals surface area contributed by atoms with Crippen LogP contribution in [0.5, 0.6) is 0 Å². The zero-order chi connectivity index (χ0) is 9.26.